The number of ether oxygens (including phenoxy) is 1. The molecule has 0 amide bonds. The van der Waals surface area contributed by atoms with Gasteiger partial charge in [0.25, 0.3) is 0 Å². The van der Waals surface area contributed by atoms with E-state index in [-0.39, 0.29) is 0 Å². The second-order valence-corrected chi connectivity index (χ2v) is 5.48. The topological polar surface area (TPSA) is 21.3 Å². The molecule has 0 radical (unpaired) electrons. The first-order chi connectivity index (χ1) is 8.36. The van der Waals surface area contributed by atoms with Crippen molar-refractivity contribution in [2.45, 2.75) is 19.3 Å². The Labute approximate surface area is 103 Å². The molecule has 1 saturated carbocycles. The molecule has 2 heteroatoms. The molecular formula is C15H21NO. The van der Waals surface area contributed by atoms with E-state index in [2.05, 4.69) is 23.5 Å². The van der Waals surface area contributed by atoms with Crippen LogP contribution in [0.1, 0.15) is 18.4 Å². The second kappa shape index (κ2) is 4.69. The average Bonchev–Trinajstić information content (AvgIpc) is 2.94. The fraction of sp³-hybridized carbons (Fsp3) is 0.600. The van der Waals surface area contributed by atoms with Gasteiger partial charge in [0.2, 0.25) is 0 Å². The predicted molar refractivity (Wildman–Crippen MR) is 69.3 cm³/mol. The lowest BCUT2D eigenvalue weighted by atomic mass is 9.87. The fourth-order valence-electron chi connectivity index (χ4n) is 3.62. The third-order valence-electron chi connectivity index (χ3n) is 4.54. The Morgan fingerprint density at radius 2 is 2.24 bits per heavy atom. The van der Waals surface area contributed by atoms with Gasteiger partial charge in [-0.15, -0.1) is 0 Å². The van der Waals surface area contributed by atoms with Gasteiger partial charge in [0.15, 0.2) is 0 Å². The van der Waals surface area contributed by atoms with Gasteiger partial charge in [-0.2, -0.15) is 0 Å². The maximum Gasteiger partial charge on any atom is 0.119 e. The van der Waals surface area contributed by atoms with E-state index in [0.717, 1.165) is 23.5 Å². The van der Waals surface area contributed by atoms with Crippen molar-refractivity contribution >= 4 is 0 Å². The number of hydrogen-bond acceptors (Lipinski definition) is 2. The Morgan fingerprint density at radius 3 is 3.12 bits per heavy atom. The van der Waals surface area contributed by atoms with E-state index in [9.17, 15) is 0 Å². The molecule has 2 aliphatic rings. The Bertz CT molecular complexity index is 390. The van der Waals surface area contributed by atoms with Crippen molar-refractivity contribution in [2.24, 2.45) is 17.8 Å². The summed E-state index contributed by atoms with van der Waals surface area (Å²) in [6, 6.07) is 8.56. The normalized spacial score (nSPS) is 31.5. The van der Waals surface area contributed by atoms with E-state index in [4.69, 9.17) is 4.74 Å². The van der Waals surface area contributed by atoms with E-state index in [1.54, 1.807) is 7.11 Å². The van der Waals surface area contributed by atoms with E-state index in [1.807, 2.05) is 6.07 Å². The van der Waals surface area contributed by atoms with Crippen molar-refractivity contribution in [2.75, 3.05) is 20.2 Å². The van der Waals surface area contributed by atoms with Crippen LogP contribution in [-0.4, -0.2) is 20.2 Å². The average molecular weight is 231 g/mol. The Balaban J connectivity index is 1.70. The molecule has 3 atom stereocenters. The molecule has 1 aliphatic carbocycles. The van der Waals surface area contributed by atoms with E-state index in [1.165, 1.54) is 37.9 Å². The summed E-state index contributed by atoms with van der Waals surface area (Å²) in [5, 5.41) is 3.54. The van der Waals surface area contributed by atoms with Crippen LogP contribution in [0, 0.1) is 17.8 Å². The van der Waals surface area contributed by atoms with Gasteiger partial charge in [-0.3, -0.25) is 0 Å². The molecule has 0 bridgehead atoms. The molecule has 3 rings (SSSR count). The lowest BCUT2D eigenvalue weighted by Crippen LogP contribution is -2.17. The molecule has 1 aromatic carbocycles. The molecule has 1 N–H and O–H groups in total. The summed E-state index contributed by atoms with van der Waals surface area (Å²) in [5.41, 5.74) is 1.43. The molecule has 1 heterocycles. The minimum atomic E-state index is 0.877. The standard InChI is InChI=1S/C15H21NO/c1-17-14-4-2-3-11(8-14)7-12-5-6-13-9-16-10-15(12)13/h2-4,8,12-13,15-16H,5-7,9-10H2,1H3. The summed E-state index contributed by atoms with van der Waals surface area (Å²) in [6.45, 7) is 2.48. The first-order valence-corrected chi connectivity index (χ1v) is 6.70. The van der Waals surface area contributed by atoms with Crippen LogP contribution >= 0.6 is 0 Å². The minimum absolute atomic E-state index is 0.877. The van der Waals surface area contributed by atoms with E-state index < -0.39 is 0 Å². The number of nitrogens with one attached hydrogen (secondary N) is 1. The van der Waals surface area contributed by atoms with Crippen molar-refractivity contribution in [3.05, 3.63) is 29.8 Å². The van der Waals surface area contributed by atoms with Gasteiger partial charge >= 0.3 is 0 Å². The number of methoxy groups -OCH3 is 1. The molecule has 1 aliphatic heterocycles. The molecule has 92 valence electrons. The van der Waals surface area contributed by atoms with Crippen molar-refractivity contribution in [3.63, 3.8) is 0 Å². The monoisotopic (exact) mass is 231 g/mol. The molecular weight excluding hydrogens is 210 g/mol. The van der Waals surface area contributed by atoms with Crippen molar-refractivity contribution in [3.8, 4) is 5.75 Å². The zero-order chi connectivity index (χ0) is 11.7. The van der Waals surface area contributed by atoms with E-state index in [0.29, 0.717) is 0 Å². The number of rotatable bonds is 3. The third-order valence-corrected chi connectivity index (χ3v) is 4.54. The summed E-state index contributed by atoms with van der Waals surface area (Å²) in [4.78, 5) is 0. The van der Waals surface area contributed by atoms with Gasteiger partial charge in [0.05, 0.1) is 7.11 Å². The van der Waals surface area contributed by atoms with Gasteiger partial charge in [-0.05, 0) is 67.8 Å². The summed E-state index contributed by atoms with van der Waals surface area (Å²) in [7, 11) is 1.74. The zero-order valence-electron chi connectivity index (χ0n) is 10.5. The lowest BCUT2D eigenvalue weighted by molar-refractivity contribution is 0.373. The first kappa shape index (κ1) is 11.1. The Kier molecular flexibility index (Phi) is 3.06. The number of benzene rings is 1. The van der Waals surface area contributed by atoms with Crippen LogP contribution < -0.4 is 10.1 Å². The Hall–Kier alpha value is -1.02. The number of hydrogen-bond donors (Lipinski definition) is 1. The van der Waals surface area contributed by atoms with Crippen molar-refractivity contribution in [1.29, 1.82) is 0 Å². The Morgan fingerprint density at radius 1 is 1.29 bits per heavy atom. The van der Waals surface area contributed by atoms with Gasteiger partial charge in [-0.25, -0.2) is 0 Å². The van der Waals surface area contributed by atoms with Crippen molar-refractivity contribution in [1.82, 2.24) is 5.32 Å². The predicted octanol–water partition coefficient (Wildman–Crippen LogP) is 2.48. The van der Waals surface area contributed by atoms with Gasteiger partial charge in [-0.1, -0.05) is 12.1 Å². The molecule has 2 fully saturated rings. The lowest BCUT2D eigenvalue weighted by Gasteiger charge is -2.18. The maximum absolute atomic E-state index is 5.29. The summed E-state index contributed by atoms with van der Waals surface area (Å²) < 4.78 is 5.29. The molecule has 0 spiro atoms. The molecule has 1 aromatic rings. The smallest absolute Gasteiger partial charge is 0.119 e. The van der Waals surface area contributed by atoms with Crippen LogP contribution in [0.2, 0.25) is 0 Å². The van der Waals surface area contributed by atoms with Crippen molar-refractivity contribution < 1.29 is 4.74 Å². The van der Waals surface area contributed by atoms with Gasteiger partial charge in [0.1, 0.15) is 5.75 Å². The molecule has 2 nitrogen and oxygen atoms in total. The number of fused-ring (bicyclic) bond motifs is 1. The first-order valence-electron chi connectivity index (χ1n) is 6.70. The van der Waals surface area contributed by atoms with Gasteiger partial charge in [0, 0.05) is 0 Å². The highest BCUT2D eigenvalue weighted by Gasteiger charge is 2.38. The maximum atomic E-state index is 5.29. The highest BCUT2D eigenvalue weighted by atomic mass is 16.5. The second-order valence-electron chi connectivity index (χ2n) is 5.48. The molecule has 17 heavy (non-hydrogen) atoms. The highest BCUT2D eigenvalue weighted by Crippen LogP contribution is 2.41. The SMILES string of the molecule is COc1cccc(CC2CCC3CNCC32)c1. The van der Waals surface area contributed by atoms with Crippen LogP contribution in [0.3, 0.4) is 0 Å². The molecule has 0 aromatic heterocycles. The summed E-state index contributed by atoms with van der Waals surface area (Å²) in [6.07, 6.45) is 4.06. The van der Waals surface area contributed by atoms with Gasteiger partial charge < -0.3 is 10.1 Å². The summed E-state index contributed by atoms with van der Waals surface area (Å²) in [5.74, 6) is 3.73. The zero-order valence-corrected chi connectivity index (χ0v) is 10.5. The molecule has 3 unspecified atom stereocenters. The van der Waals surface area contributed by atoms with E-state index >= 15 is 0 Å². The largest absolute Gasteiger partial charge is 0.497 e. The van der Waals surface area contributed by atoms with Crippen LogP contribution in [0.15, 0.2) is 24.3 Å². The fourth-order valence-corrected chi connectivity index (χ4v) is 3.62. The molecule has 1 saturated heterocycles. The summed E-state index contributed by atoms with van der Waals surface area (Å²) >= 11 is 0. The van der Waals surface area contributed by atoms with Crippen LogP contribution in [0.25, 0.3) is 0 Å². The highest BCUT2D eigenvalue weighted by molar-refractivity contribution is 5.28. The third kappa shape index (κ3) is 2.19. The minimum Gasteiger partial charge on any atom is -0.497 e. The van der Waals surface area contributed by atoms with Crippen LogP contribution in [0.5, 0.6) is 5.75 Å². The quantitative estimate of drug-likeness (QED) is 0.863. The van der Waals surface area contributed by atoms with Crippen LogP contribution in [-0.2, 0) is 6.42 Å². The van der Waals surface area contributed by atoms with Crippen LogP contribution in [0.4, 0.5) is 0 Å².